The van der Waals surface area contributed by atoms with Gasteiger partial charge in [-0.25, -0.2) is 20.0 Å². The Hall–Kier alpha value is -4.26. The van der Waals surface area contributed by atoms with Crippen LogP contribution in [0, 0.1) is 0 Å². The second kappa shape index (κ2) is 5.62. The smallest absolute Gasteiger partial charge is 0.277 e. The normalized spacial score (nSPS) is 14.1. The quantitative estimate of drug-likeness (QED) is 0.578. The maximum atomic E-state index is 11.7. The summed E-state index contributed by atoms with van der Waals surface area (Å²) in [5, 5.41) is 0.869. The molecular weight excluding hydrogens is 366 g/mol. The highest BCUT2D eigenvalue weighted by molar-refractivity contribution is 6.14. The molecule has 0 bridgehead atoms. The Morgan fingerprint density at radius 3 is 2.10 bits per heavy atom. The molecule has 2 amide bonds. The Labute approximate surface area is 163 Å². The third-order valence-electron chi connectivity index (χ3n) is 5.22. The van der Waals surface area contributed by atoms with E-state index in [4.69, 9.17) is 0 Å². The number of hydrogen-bond donors (Lipinski definition) is 1. The van der Waals surface area contributed by atoms with Crippen molar-refractivity contribution in [3.63, 3.8) is 0 Å². The minimum absolute atomic E-state index is 0.213. The summed E-state index contributed by atoms with van der Waals surface area (Å²) in [5.41, 5.74) is 6.97. The Morgan fingerprint density at radius 1 is 0.724 bits per heavy atom. The van der Waals surface area contributed by atoms with Crippen LogP contribution in [0.15, 0.2) is 58.8 Å². The number of nitrogens with zero attached hydrogens (tertiary/aromatic N) is 4. The number of nitrogens with one attached hydrogen (secondary N) is 1. The number of amides is 2. The SMILES string of the molecule is O=C1N=Cc2cc(-c3cc4c(-c5ccc6c(c5)C=NC6=O)ncnc4[nH]3)ccc21. The van der Waals surface area contributed by atoms with Crippen LogP contribution in [-0.2, 0) is 0 Å². The molecule has 0 radical (unpaired) electrons. The Kier molecular flexibility index (Phi) is 3.05. The molecule has 2 aromatic heterocycles. The Balaban J connectivity index is 1.49. The molecule has 6 rings (SSSR count). The van der Waals surface area contributed by atoms with E-state index >= 15 is 0 Å². The van der Waals surface area contributed by atoms with Crippen LogP contribution in [0.25, 0.3) is 33.5 Å². The highest BCUT2D eigenvalue weighted by atomic mass is 16.2. The van der Waals surface area contributed by atoms with Crippen molar-refractivity contribution in [2.45, 2.75) is 0 Å². The van der Waals surface area contributed by atoms with Crippen LogP contribution in [0.4, 0.5) is 0 Å². The molecule has 136 valence electrons. The molecule has 7 heteroatoms. The van der Waals surface area contributed by atoms with Crippen molar-refractivity contribution >= 4 is 35.3 Å². The van der Waals surface area contributed by atoms with E-state index in [0.29, 0.717) is 16.8 Å². The van der Waals surface area contributed by atoms with Crippen LogP contribution >= 0.6 is 0 Å². The first-order chi connectivity index (χ1) is 14.2. The summed E-state index contributed by atoms with van der Waals surface area (Å²) in [6.45, 7) is 0. The van der Waals surface area contributed by atoms with Gasteiger partial charge in [0.1, 0.15) is 12.0 Å². The summed E-state index contributed by atoms with van der Waals surface area (Å²) in [4.78, 5) is 43.3. The van der Waals surface area contributed by atoms with Gasteiger partial charge in [0.15, 0.2) is 0 Å². The number of fused-ring (bicyclic) bond motifs is 3. The number of aromatic amines is 1. The molecular formula is C22H11N5O2. The number of aromatic nitrogens is 3. The van der Waals surface area contributed by atoms with Crippen LogP contribution in [0.5, 0.6) is 0 Å². The molecule has 0 atom stereocenters. The predicted octanol–water partition coefficient (Wildman–Crippen LogP) is 3.44. The van der Waals surface area contributed by atoms with Crippen molar-refractivity contribution in [3.05, 3.63) is 71.0 Å². The minimum Gasteiger partial charge on any atom is -0.339 e. The lowest BCUT2D eigenvalue weighted by Crippen LogP contribution is -1.93. The monoisotopic (exact) mass is 377 g/mol. The molecule has 4 aromatic rings. The summed E-state index contributed by atoms with van der Waals surface area (Å²) in [6.07, 6.45) is 4.68. The highest BCUT2D eigenvalue weighted by Gasteiger charge is 2.19. The van der Waals surface area contributed by atoms with Crippen molar-refractivity contribution in [2.24, 2.45) is 9.98 Å². The fourth-order valence-corrected chi connectivity index (χ4v) is 3.76. The van der Waals surface area contributed by atoms with E-state index < -0.39 is 0 Å². The number of carbonyl (C=O) groups is 2. The molecule has 0 unspecified atom stereocenters. The maximum absolute atomic E-state index is 11.7. The number of hydrogen-bond acceptors (Lipinski definition) is 4. The average Bonchev–Trinajstić information content (AvgIpc) is 3.44. The van der Waals surface area contributed by atoms with Gasteiger partial charge in [0.2, 0.25) is 0 Å². The van der Waals surface area contributed by atoms with E-state index in [1.54, 1.807) is 24.6 Å². The molecule has 2 aliphatic rings. The van der Waals surface area contributed by atoms with Gasteiger partial charge in [-0.3, -0.25) is 9.59 Å². The van der Waals surface area contributed by atoms with Gasteiger partial charge in [0, 0.05) is 40.2 Å². The first-order valence-corrected chi connectivity index (χ1v) is 8.97. The summed E-state index contributed by atoms with van der Waals surface area (Å²) >= 11 is 0. The second-order valence-electron chi connectivity index (χ2n) is 6.90. The first-order valence-electron chi connectivity index (χ1n) is 8.97. The first kappa shape index (κ1) is 15.8. The van der Waals surface area contributed by atoms with Crippen molar-refractivity contribution < 1.29 is 9.59 Å². The summed E-state index contributed by atoms with van der Waals surface area (Å²) in [6, 6.07) is 13.2. The number of H-pyrrole nitrogens is 1. The van der Waals surface area contributed by atoms with E-state index in [1.807, 2.05) is 30.3 Å². The zero-order valence-electron chi connectivity index (χ0n) is 14.9. The minimum atomic E-state index is -0.220. The Bertz CT molecular complexity index is 1450. The zero-order chi connectivity index (χ0) is 19.5. The number of aliphatic imine (C=N–C) groups is 2. The van der Waals surface area contributed by atoms with Crippen molar-refractivity contribution in [2.75, 3.05) is 0 Å². The molecule has 0 saturated heterocycles. The van der Waals surface area contributed by atoms with Crippen LogP contribution < -0.4 is 0 Å². The van der Waals surface area contributed by atoms with E-state index in [2.05, 4.69) is 24.9 Å². The number of benzene rings is 2. The molecule has 2 aliphatic heterocycles. The van der Waals surface area contributed by atoms with Gasteiger partial charge in [-0.1, -0.05) is 12.1 Å². The maximum Gasteiger partial charge on any atom is 0.277 e. The van der Waals surface area contributed by atoms with E-state index in [-0.39, 0.29) is 11.8 Å². The lowest BCUT2D eigenvalue weighted by molar-refractivity contribution is 0.0998. The second-order valence-corrected chi connectivity index (χ2v) is 6.90. The van der Waals surface area contributed by atoms with Gasteiger partial charge in [0.25, 0.3) is 11.8 Å². The van der Waals surface area contributed by atoms with Gasteiger partial charge in [-0.15, -0.1) is 0 Å². The van der Waals surface area contributed by atoms with Gasteiger partial charge >= 0.3 is 0 Å². The van der Waals surface area contributed by atoms with Gasteiger partial charge in [0.05, 0.1) is 16.8 Å². The predicted molar refractivity (Wildman–Crippen MR) is 109 cm³/mol. The van der Waals surface area contributed by atoms with Crippen molar-refractivity contribution in [3.8, 4) is 22.5 Å². The largest absolute Gasteiger partial charge is 0.339 e. The molecule has 0 saturated carbocycles. The highest BCUT2D eigenvalue weighted by Crippen LogP contribution is 2.32. The van der Waals surface area contributed by atoms with E-state index in [0.717, 1.165) is 39.0 Å². The standard InChI is InChI=1S/C22H11N5O2/c28-21-15-3-1-11(5-13(15)8-23-21)18-7-17-19(25-10-26-20(17)27-18)12-2-4-16-14(6-12)9-24-22(16)29/h1-10H,(H,25,26,27). The number of carbonyl (C=O) groups excluding carboxylic acids is 2. The van der Waals surface area contributed by atoms with Gasteiger partial charge in [-0.05, 0) is 35.9 Å². The third-order valence-corrected chi connectivity index (χ3v) is 5.22. The molecule has 0 fully saturated rings. The van der Waals surface area contributed by atoms with E-state index in [9.17, 15) is 9.59 Å². The zero-order valence-corrected chi connectivity index (χ0v) is 14.9. The fourth-order valence-electron chi connectivity index (χ4n) is 3.76. The lowest BCUT2D eigenvalue weighted by atomic mass is 10.0. The topological polar surface area (TPSA) is 100 Å². The van der Waals surface area contributed by atoms with Gasteiger partial charge < -0.3 is 4.98 Å². The summed E-state index contributed by atoms with van der Waals surface area (Å²) in [7, 11) is 0. The van der Waals surface area contributed by atoms with Crippen molar-refractivity contribution in [1.29, 1.82) is 0 Å². The van der Waals surface area contributed by atoms with Crippen LogP contribution in [-0.4, -0.2) is 39.2 Å². The van der Waals surface area contributed by atoms with Crippen molar-refractivity contribution in [1.82, 2.24) is 15.0 Å². The van der Waals surface area contributed by atoms with Crippen LogP contribution in [0.1, 0.15) is 31.8 Å². The molecule has 1 N–H and O–H groups in total. The average molecular weight is 377 g/mol. The van der Waals surface area contributed by atoms with Gasteiger partial charge in [-0.2, -0.15) is 0 Å². The summed E-state index contributed by atoms with van der Waals surface area (Å²) in [5.74, 6) is -0.433. The molecule has 0 spiro atoms. The fraction of sp³-hybridized carbons (Fsp3) is 0. The molecule has 2 aromatic carbocycles. The molecule has 0 aliphatic carbocycles. The Morgan fingerprint density at radius 2 is 1.38 bits per heavy atom. The lowest BCUT2D eigenvalue weighted by Gasteiger charge is -2.04. The number of rotatable bonds is 2. The third kappa shape index (κ3) is 2.31. The van der Waals surface area contributed by atoms with Crippen LogP contribution in [0.2, 0.25) is 0 Å². The van der Waals surface area contributed by atoms with Crippen LogP contribution in [0.3, 0.4) is 0 Å². The molecule has 7 nitrogen and oxygen atoms in total. The van der Waals surface area contributed by atoms with E-state index in [1.165, 1.54) is 6.33 Å². The molecule has 29 heavy (non-hydrogen) atoms. The molecule has 4 heterocycles. The summed E-state index contributed by atoms with van der Waals surface area (Å²) < 4.78 is 0.